The highest BCUT2D eigenvalue weighted by atomic mass is 16.5. The van der Waals surface area contributed by atoms with E-state index >= 15 is 0 Å². The van der Waals surface area contributed by atoms with Gasteiger partial charge in [0.1, 0.15) is 11.4 Å². The summed E-state index contributed by atoms with van der Waals surface area (Å²) in [5, 5.41) is 4.30. The summed E-state index contributed by atoms with van der Waals surface area (Å²) in [5.41, 5.74) is 1.71. The first-order valence-electron chi connectivity index (χ1n) is 9.50. The Balaban J connectivity index is 1.48. The Kier molecular flexibility index (Phi) is 5.29. The van der Waals surface area contributed by atoms with Crippen molar-refractivity contribution in [3.63, 3.8) is 0 Å². The van der Waals surface area contributed by atoms with Gasteiger partial charge in [-0.1, -0.05) is 24.3 Å². The molecule has 2 aromatic carbocycles. The second kappa shape index (κ2) is 8.18. The third-order valence-corrected chi connectivity index (χ3v) is 5.01. The number of piperazine rings is 1. The summed E-state index contributed by atoms with van der Waals surface area (Å²) in [7, 11) is 1.65. The first-order valence-corrected chi connectivity index (χ1v) is 9.50. The number of amides is 1. The molecule has 29 heavy (non-hydrogen) atoms. The van der Waals surface area contributed by atoms with Crippen LogP contribution in [0.1, 0.15) is 10.5 Å². The van der Waals surface area contributed by atoms with Crippen LogP contribution in [0.25, 0.3) is 5.69 Å². The molecule has 1 saturated heterocycles. The van der Waals surface area contributed by atoms with Gasteiger partial charge in [0, 0.05) is 44.0 Å². The SMILES string of the molecule is COc1cccc(N2CCN(C(=O)c3ccc(=O)n(-c4ccccc4)n3)CC2)c1. The summed E-state index contributed by atoms with van der Waals surface area (Å²) in [6, 6.07) is 19.9. The van der Waals surface area contributed by atoms with E-state index in [1.54, 1.807) is 24.1 Å². The highest BCUT2D eigenvalue weighted by Gasteiger charge is 2.24. The molecule has 0 N–H and O–H groups in total. The molecule has 0 radical (unpaired) electrons. The van der Waals surface area contributed by atoms with Crippen molar-refractivity contribution in [2.75, 3.05) is 38.2 Å². The van der Waals surface area contributed by atoms with Crippen LogP contribution in [0, 0.1) is 0 Å². The monoisotopic (exact) mass is 390 g/mol. The van der Waals surface area contributed by atoms with Gasteiger partial charge < -0.3 is 14.5 Å². The summed E-state index contributed by atoms with van der Waals surface area (Å²) >= 11 is 0. The molecule has 0 atom stereocenters. The molecule has 0 unspecified atom stereocenters. The molecule has 4 rings (SSSR count). The zero-order chi connectivity index (χ0) is 20.2. The number of carbonyl (C=O) groups excluding carboxylic acids is 1. The maximum atomic E-state index is 12.9. The Labute approximate surface area is 168 Å². The van der Waals surface area contributed by atoms with Crippen LogP contribution >= 0.6 is 0 Å². The first-order chi connectivity index (χ1) is 14.2. The lowest BCUT2D eigenvalue weighted by Crippen LogP contribution is -2.49. The minimum atomic E-state index is -0.268. The van der Waals surface area contributed by atoms with E-state index in [2.05, 4.69) is 10.00 Å². The minimum Gasteiger partial charge on any atom is -0.497 e. The van der Waals surface area contributed by atoms with E-state index in [-0.39, 0.29) is 17.2 Å². The molecule has 1 fully saturated rings. The summed E-state index contributed by atoms with van der Waals surface area (Å²) < 4.78 is 6.56. The molecule has 2 heterocycles. The maximum absolute atomic E-state index is 12.9. The Morgan fingerprint density at radius 2 is 1.62 bits per heavy atom. The number of ether oxygens (including phenoxy) is 1. The summed E-state index contributed by atoms with van der Waals surface area (Å²) in [4.78, 5) is 29.1. The van der Waals surface area contributed by atoms with E-state index in [1.807, 2.05) is 42.5 Å². The maximum Gasteiger partial charge on any atom is 0.274 e. The van der Waals surface area contributed by atoms with Crippen molar-refractivity contribution in [2.24, 2.45) is 0 Å². The molecule has 1 aliphatic heterocycles. The number of benzene rings is 2. The molecule has 0 bridgehead atoms. The van der Waals surface area contributed by atoms with Crippen LogP contribution in [0.2, 0.25) is 0 Å². The van der Waals surface area contributed by atoms with E-state index < -0.39 is 0 Å². The highest BCUT2D eigenvalue weighted by Crippen LogP contribution is 2.22. The van der Waals surface area contributed by atoms with Gasteiger partial charge in [0.15, 0.2) is 0 Å². The topological polar surface area (TPSA) is 67.7 Å². The van der Waals surface area contributed by atoms with Gasteiger partial charge in [-0.15, -0.1) is 0 Å². The third-order valence-electron chi connectivity index (χ3n) is 5.01. The summed E-state index contributed by atoms with van der Waals surface area (Å²) in [6.07, 6.45) is 0. The Bertz CT molecular complexity index is 1060. The van der Waals surface area contributed by atoms with Gasteiger partial charge >= 0.3 is 0 Å². The van der Waals surface area contributed by atoms with Crippen molar-refractivity contribution in [1.82, 2.24) is 14.7 Å². The van der Waals surface area contributed by atoms with E-state index in [0.717, 1.165) is 24.5 Å². The van der Waals surface area contributed by atoms with E-state index in [1.165, 1.54) is 16.8 Å². The summed E-state index contributed by atoms with van der Waals surface area (Å²) in [5.74, 6) is 0.647. The Hall–Kier alpha value is -3.61. The average molecular weight is 390 g/mol. The predicted octanol–water partition coefficient (Wildman–Crippen LogP) is 2.20. The zero-order valence-electron chi connectivity index (χ0n) is 16.2. The number of anilines is 1. The highest BCUT2D eigenvalue weighted by molar-refractivity contribution is 5.92. The fraction of sp³-hybridized carbons (Fsp3) is 0.227. The molecular weight excluding hydrogens is 368 g/mol. The van der Waals surface area contributed by atoms with Gasteiger partial charge in [-0.25, -0.2) is 0 Å². The molecule has 0 aliphatic carbocycles. The Morgan fingerprint density at radius 1 is 0.897 bits per heavy atom. The largest absolute Gasteiger partial charge is 0.497 e. The molecule has 7 nitrogen and oxygen atoms in total. The van der Waals surface area contributed by atoms with Crippen LogP contribution in [0.4, 0.5) is 5.69 Å². The van der Waals surface area contributed by atoms with Gasteiger partial charge in [-0.3, -0.25) is 9.59 Å². The van der Waals surface area contributed by atoms with Crippen molar-refractivity contribution in [1.29, 1.82) is 0 Å². The molecule has 7 heteroatoms. The van der Waals surface area contributed by atoms with Gasteiger partial charge in [-0.2, -0.15) is 9.78 Å². The molecule has 148 valence electrons. The number of hydrogen-bond donors (Lipinski definition) is 0. The number of carbonyl (C=O) groups is 1. The Morgan fingerprint density at radius 3 is 2.34 bits per heavy atom. The number of rotatable bonds is 4. The van der Waals surface area contributed by atoms with Crippen LogP contribution < -0.4 is 15.2 Å². The number of para-hydroxylation sites is 1. The quantitative estimate of drug-likeness (QED) is 0.683. The van der Waals surface area contributed by atoms with Crippen LogP contribution in [0.15, 0.2) is 71.5 Å². The second-order valence-corrected chi connectivity index (χ2v) is 6.78. The normalized spacial score (nSPS) is 14.0. The van der Waals surface area contributed by atoms with Crippen molar-refractivity contribution in [3.05, 3.63) is 82.8 Å². The number of nitrogens with zero attached hydrogens (tertiary/aromatic N) is 4. The van der Waals surface area contributed by atoms with Crippen LogP contribution in [-0.4, -0.2) is 53.9 Å². The lowest BCUT2D eigenvalue weighted by Gasteiger charge is -2.36. The fourth-order valence-electron chi connectivity index (χ4n) is 3.42. The molecule has 1 amide bonds. The molecule has 1 aliphatic rings. The third kappa shape index (κ3) is 3.99. The fourth-order valence-corrected chi connectivity index (χ4v) is 3.42. The smallest absolute Gasteiger partial charge is 0.274 e. The van der Waals surface area contributed by atoms with Gasteiger partial charge in [-0.05, 0) is 30.3 Å². The zero-order valence-corrected chi connectivity index (χ0v) is 16.2. The summed E-state index contributed by atoms with van der Waals surface area (Å²) in [6.45, 7) is 2.61. The van der Waals surface area contributed by atoms with Crippen LogP contribution in [0.3, 0.4) is 0 Å². The van der Waals surface area contributed by atoms with Gasteiger partial charge in [0.2, 0.25) is 0 Å². The second-order valence-electron chi connectivity index (χ2n) is 6.78. The van der Waals surface area contributed by atoms with Crippen LogP contribution in [-0.2, 0) is 0 Å². The van der Waals surface area contributed by atoms with E-state index in [4.69, 9.17) is 4.74 Å². The average Bonchev–Trinajstić information content (AvgIpc) is 2.79. The van der Waals surface area contributed by atoms with E-state index in [0.29, 0.717) is 18.8 Å². The van der Waals surface area contributed by atoms with Gasteiger partial charge in [0.05, 0.1) is 12.8 Å². The van der Waals surface area contributed by atoms with Crippen LogP contribution in [0.5, 0.6) is 5.75 Å². The van der Waals surface area contributed by atoms with E-state index in [9.17, 15) is 9.59 Å². The number of methoxy groups -OCH3 is 1. The van der Waals surface area contributed by atoms with Crippen molar-refractivity contribution in [2.45, 2.75) is 0 Å². The number of aromatic nitrogens is 2. The molecule has 0 saturated carbocycles. The van der Waals surface area contributed by atoms with Gasteiger partial charge in [0.25, 0.3) is 11.5 Å². The molecular formula is C22H22N4O3. The number of hydrogen-bond acceptors (Lipinski definition) is 5. The lowest BCUT2D eigenvalue weighted by molar-refractivity contribution is 0.0738. The predicted molar refractivity (Wildman–Crippen MR) is 111 cm³/mol. The minimum absolute atomic E-state index is 0.167. The van der Waals surface area contributed by atoms with Crippen molar-refractivity contribution in [3.8, 4) is 11.4 Å². The standard InChI is InChI=1S/C22H22N4O3/c1-29-19-9-5-8-18(16-19)24-12-14-25(15-13-24)22(28)20-10-11-21(27)26(23-20)17-6-3-2-4-7-17/h2-11,16H,12-15H2,1H3. The molecule has 0 spiro atoms. The first kappa shape index (κ1) is 18.7. The van der Waals surface area contributed by atoms with Crippen molar-refractivity contribution < 1.29 is 9.53 Å². The molecule has 3 aromatic rings. The lowest BCUT2D eigenvalue weighted by atomic mass is 10.2. The van der Waals surface area contributed by atoms with Crippen molar-refractivity contribution >= 4 is 11.6 Å². The molecule has 1 aromatic heterocycles.